The number of ether oxygens (including phenoxy) is 2. The highest BCUT2D eigenvalue weighted by atomic mass is 31.2. The molecule has 1 aliphatic rings. The van der Waals surface area contributed by atoms with Crippen molar-refractivity contribution in [3.63, 3.8) is 0 Å². The van der Waals surface area contributed by atoms with E-state index in [1.165, 1.54) is 0 Å². The number of para-hydroxylation sites is 5. The van der Waals surface area contributed by atoms with E-state index < -0.39 is 13.9 Å². The van der Waals surface area contributed by atoms with Crippen molar-refractivity contribution in [2.24, 2.45) is 0 Å². The second kappa shape index (κ2) is 10.3. The first kappa shape index (κ1) is 23.1. The zero-order valence-electron chi connectivity index (χ0n) is 18.8. The van der Waals surface area contributed by atoms with Gasteiger partial charge in [-0.1, -0.05) is 66.7 Å². The van der Waals surface area contributed by atoms with Gasteiger partial charge in [0.25, 0.3) is 5.88 Å². The van der Waals surface area contributed by atoms with Gasteiger partial charge in [-0.3, -0.25) is 0 Å². The van der Waals surface area contributed by atoms with E-state index in [2.05, 4.69) is 0 Å². The van der Waals surface area contributed by atoms with Gasteiger partial charge in [0.2, 0.25) is 0 Å². The Morgan fingerprint density at radius 3 is 1.72 bits per heavy atom. The smallest absolute Gasteiger partial charge is 0.457 e. The molecule has 4 aromatic carbocycles. The molecule has 36 heavy (non-hydrogen) atoms. The predicted octanol–water partition coefficient (Wildman–Crippen LogP) is 7.17. The summed E-state index contributed by atoms with van der Waals surface area (Å²) in [6, 6.07) is 32.2. The summed E-state index contributed by atoms with van der Waals surface area (Å²) in [5, 5.41) is 0. The number of phosphoric acid groups is 1. The number of rotatable bonds is 7. The first-order chi connectivity index (χ1) is 17.6. The highest BCUT2D eigenvalue weighted by Gasteiger charge is 2.40. The van der Waals surface area contributed by atoms with Gasteiger partial charge in [-0.25, -0.2) is 9.69 Å². The van der Waals surface area contributed by atoms with Gasteiger partial charge in [0.15, 0.2) is 12.0 Å². The minimum Gasteiger partial charge on any atom is -0.457 e. The Hall–Kier alpha value is -4.68. The van der Waals surface area contributed by atoms with Gasteiger partial charge in [0.1, 0.15) is 17.2 Å². The van der Waals surface area contributed by atoms with Crippen LogP contribution >= 0.6 is 7.82 Å². The van der Waals surface area contributed by atoms with Crippen molar-refractivity contribution in [3.05, 3.63) is 127 Å². The molecule has 0 spiro atoms. The Morgan fingerprint density at radius 1 is 0.639 bits per heavy atom. The molecule has 0 unspecified atom stereocenters. The molecule has 0 atom stereocenters. The van der Waals surface area contributed by atoms with Crippen LogP contribution in [0.5, 0.6) is 23.0 Å². The average molecular weight is 501 g/mol. The molecule has 0 saturated carbocycles. The van der Waals surface area contributed by atoms with Gasteiger partial charge < -0.3 is 23.0 Å². The minimum atomic E-state index is -4.40. The number of benzene rings is 4. The average Bonchev–Trinajstić information content (AvgIpc) is 2.90. The van der Waals surface area contributed by atoms with Gasteiger partial charge in [0, 0.05) is 0 Å². The standard InChI is InChI=1S/C27H20NO7P/c29-27(32-21-12-4-1-5-13-21)28-24-18-10-11-19-25(24)31-20-26(28)35-36(30,33-22-14-6-2-7-15-22)34-23-16-8-3-9-17-23/h1-20H. The Balaban J connectivity index is 1.49. The number of carbonyl (C=O) groups is 1. The third-order valence-corrected chi connectivity index (χ3v) is 6.15. The summed E-state index contributed by atoms with van der Waals surface area (Å²) < 4.78 is 42.2. The first-order valence-corrected chi connectivity index (χ1v) is 12.4. The van der Waals surface area contributed by atoms with Gasteiger partial charge in [0.05, 0.1) is 5.69 Å². The maximum Gasteiger partial charge on any atom is 0.648 e. The van der Waals surface area contributed by atoms with Crippen LogP contribution in [0.1, 0.15) is 0 Å². The van der Waals surface area contributed by atoms with E-state index in [0.29, 0.717) is 17.2 Å². The largest absolute Gasteiger partial charge is 0.648 e. The van der Waals surface area contributed by atoms with E-state index in [-0.39, 0.29) is 17.4 Å². The van der Waals surface area contributed by atoms with E-state index in [4.69, 9.17) is 23.0 Å². The molecule has 1 amide bonds. The zero-order chi connectivity index (χ0) is 24.8. The number of amides is 1. The van der Waals surface area contributed by atoms with Crippen molar-refractivity contribution in [1.82, 2.24) is 0 Å². The summed E-state index contributed by atoms with van der Waals surface area (Å²) in [5.74, 6) is 0.929. The molecule has 1 aliphatic heterocycles. The SMILES string of the molecule is O=C(Oc1ccccc1)N1C(OP(=O)(Oc2ccccc2)Oc2ccccc2)=COc2ccccc21. The normalized spacial score (nSPS) is 12.4. The van der Waals surface area contributed by atoms with Crippen LogP contribution in [-0.4, -0.2) is 6.09 Å². The molecular weight excluding hydrogens is 481 g/mol. The fourth-order valence-corrected chi connectivity index (χ4v) is 4.53. The van der Waals surface area contributed by atoms with Crippen LogP contribution in [0.15, 0.2) is 127 Å². The van der Waals surface area contributed by atoms with Crippen LogP contribution in [0.4, 0.5) is 10.5 Å². The summed E-state index contributed by atoms with van der Waals surface area (Å²) in [6.45, 7) is 0. The summed E-state index contributed by atoms with van der Waals surface area (Å²) in [5.41, 5.74) is 0.321. The number of nitrogens with zero attached hydrogens (tertiary/aromatic N) is 1. The lowest BCUT2D eigenvalue weighted by molar-refractivity contribution is 0.198. The van der Waals surface area contributed by atoms with Crippen molar-refractivity contribution in [2.75, 3.05) is 4.90 Å². The predicted molar refractivity (Wildman–Crippen MR) is 133 cm³/mol. The maximum atomic E-state index is 13.9. The monoisotopic (exact) mass is 501 g/mol. The third kappa shape index (κ3) is 5.35. The number of fused-ring (bicyclic) bond motifs is 1. The third-order valence-electron chi connectivity index (χ3n) is 4.87. The number of carbonyl (C=O) groups excluding carboxylic acids is 1. The van der Waals surface area contributed by atoms with E-state index >= 15 is 0 Å². The quantitative estimate of drug-likeness (QED) is 0.248. The molecule has 0 aliphatic carbocycles. The first-order valence-electron chi connectivity index (χ1n) is 10.9. The Kier molecular flexibility index (Phi) is 6.60. The van der Waals surface area contributed by atoms with Gasteiger partial charge in [-0.2, -0.15) is 4.57 Å². The van der Waals surface area contributed by atoms with Crippen LogP contribution in [0.2, 0.25) is 0 Å². The van der Waals surface area contributed by atoms with Crippen LogP contribution < -0.4 is 23.4 Å². The van der Waals surface area contributed by atoms with Gasteiger partial charge >= 0.3 is 13.9 Å². The fraction of sp³-hybridized carbons (Fsp3) is 0. The molecule has 4 aromatic rings. The van der Waals surface area contributed by atoms with E-state index in [9.17, 15) is 9.36 Å². The molecule has 5 rings (SSSR count). The number of hydrogen-bond acceptors (Lipinski definition) is 7. The number of anilines is 1. The molecule has 9 heteroatoms. The van der Waals surface area contributed by atoms with E-state index in [1.54, 1.807) is 115 Å². The summed E-state index contributed by atoms with van der Waals surface area (Å²) >= 11 is 0. The van der Waals surface area contributed by atoms with Crippen LogP contribution in [-0.2, 0) is 9.09 Å². The molecule has 0 N–H and O–H groups in total. The van der Waals surface area contributed by atoms with Gasteiger partial charge in [-0.05, 0) is 48.5 Å². The Morgan fingerprint density at radius 2 is 1.14 bits per heavy atom. The molecule has 1 heterocycles. The Bertz CT molecular complexity index is 1370. The van der Waals surface area contributed by atoms with Crippen molar-refractivity contribution < 1.29 is 32.4 Å². The van der Waals surface area contributed by atoms with Crippen LogP contribution in [0.3, 0.4) is 0 Å². The lowest BCUT2D eigenvalue weighted by Crippen LogP contribution is -2.36. The van der Waals surface area contributed by atoms with Crippen molar-refractivity contribution in [2.45, 2.75) is 0 Å². The number of phosphoric ester groups is 1. The highest BCUT2D eigenvalue weighted by molar-refractivity contribution is 7.49. The van der Waals surface area contributed by atoms with E-state index in [0.717, 1.165) is 11.2 Å². The summed E-state index contributed by atoms with van der Waals surface area (Å²) in [7, 11) is -4.40. The lowest BCUT2D eigenvalue weighted by Gasteiger charge is -2.30. The van der Waals surface area contributed by atoms with E-state index in [1.807, 2.05) is 0 Å². The zero-order valence-corrected chi connectivity index (χ0v) is 19.7. The van der Waals surface area contributed by atoms with Crippen molar-refractivity contribution in [3.8, 4) is 23.0 Å². The fourth-order valence-electron chi connectivity index (χ4n) is 3.30. The molecule has 0 saturated heterocycles. The maximum absolute atomic E-state index is 13.9. The lowest BCUT2D eigenvalue weighted by atomic mass is 10.2. The number of hydrogen-bond donors (Lipinski definition) is 0. The molecule has 0 bridgehead atoms. The molecule has 0 fully saturated rings. The second-order valence-corrected chi connectivity index (χ2v) is 8.85. The van der Waals surface area contributed by atoms with Gasteiger partial charge in [-0.15, -0.1) is 0 Å². The molecule has 0 radical (unpaired) electrons. The Labute approximate surface area is 207 Å². The highest BCUT2D eigenvalue weighted by Crippen LogP contribution is 2.53. The molecule has 8 nitrogen and oxygen atoms in total. The van der Waals surface area contributed by atoms with Crippen molar-refractivity contribution >= 4 is 19.6 Å². The molecule has 180 valence electrons. The second-order valence-electron chi connectivity index (χ2n) is 7.41. The molecular formula is C27H20NO7P. The van der Waals surface area contributed by atoms with Crippen LogP contribution in [0.25, 0.3) is 0 Å². The topological polar surface area (TPSA) is 83.5 Å². The van der Waals surface area contributed by atoms with Crippen LogP contribution in [0, 0.1) is 0 Å². The minimum absolute atomic E-state index is 0.243. The summed E-state index contributed by atoms with van der Waals surface area (Å²) in [6.07, 6.45) is 0.332. The summed E-state index contributed by atoms with van der Waals surface area (Å²) in [4.78, 5) is 14.4. The van der Waals surface area contributed by atoms with Crippen molar-refractivity contribution in [1.29, 1.82) is 0 Å². The molecule has 0 aromatic heterocycles.